The lowest BCUT2D eigenvalue weighted by Gasteiger charge is -2.34. The highest BCUT2D eigenvalue weighted by Crippen LogP contribution is 2.32. The minimum absolute atomic E-state index is 0.00198. The van der Waals surface area contributed by atoms with Gasteiger partial charge >= 0.3 is 65.7 Å². The maximum absolute atomic E-state index is 12.6. The maximum atomic E-state index is 12.6. The molecular formula is C66H116O22. The summed E-state index contributed by atoms with van der Waals surface area (Å²) in [7, 11) is 0. The van der Waals surface area contributed by atoms with Crippen molar-refractivity contribution in [3.8, 4) is 0 Å². The molecule has 0 amide bonds. The summed E-state index contributed by atoms with van der Waals surface area (Å²) in [6.07, 6.45) is 4.76. The highest BCUT2D eigenvalue weighted by Gasteiger charge is 2.43. The first kappa shape index (κ1) is 86.4. The predicted molar refractivity (Wildman–Crippen MR) is 329 cm³/mol. The molecule has 0 aromatic rings. The fourth-order valence-corrected chi connectivity index (χ4v) is 5.84. The van der Waals surface area contributed by atoms with E-state index in [1.807, 2.05) is 83.1 Å². The average Bonchev–Trinajstić information content (AvgIpc) is 3.69. The number of rotatable bonds is 38. The third-order valence-corrected chi connectivity index (χ3v) is 16.2. The zero-order chi connectivity index (χ0) is 69.3. The summed E-state index contributed by atoms with van der Waals surface area (Å²) in [5.41, 5.74) is -6.61. The van der Waals surface area contributed by atoms with E-state index in [9.17, 15) is 52.7 Å². The lowest BCUT2D eigenvalue weighted by atomic mass is 9.88. The fraction of sp³-hybridized carbons (Fsp3) is 0.833. The highest BCUT2D eigenvalue weighted by atomic mass is 16.6. The molecule has 88 heavy (non-hydrogen) atoms. The number of carbonyl (C=O) groups excluding carboxylic acids is 11. The second-order valence-electron chi connectivity index (χ2n) is 27.0. The molecule has 0 aliphatic carbocycles. The second-order valence-corrected chi connectivity index (χ2v) is 27.0. The smallest absolute Gasteiger partial charge is 0.311 e. The van der Waals surface area contributed by atoms with E-state index in [0.29, 0.717) is 51.4 Å². The molecule has 22 nitrogen and oxygen atoms in total. The molecule has 0 radical (unpaired) electrons. The molecule has 0 rings (SSSR count). The van der Waals surface area contributed by atoms with Crippen LogP contribution in [-0.4, -0.2) is 138 Å². The summed E-state index contributed by atoms with van der Waals surface area (Å²) in [6, 6.07) is 0. The molecule has 0 spiro atoms. The topological polar surface area (TPSA) is 289 Å². The fourth-order valence-electron chi connectivity index (χ4n) is 5.84. The molecule has 0 aromatic heterocycles. The van der Waals surface area contributed by atoms with Crippen LogP contribution in [0.1, 0.15) is 224 Å². The van der Waals surface area contributed by atoms with Crippen LogP contribution in [0, 0.1) is 61.1 Å². The van der Waals surface area contributed by atoms with Crippen molar-refractivity contribution >= 4 is 65.7 Å². The molecule has 0 aliphatic heterocycles. The normalized spacial score (nSPS) is 13.7. The third-order valence-electron chi connectivity index (χ3n) is 16.2. The van der Waals surface area contributed by atoms with Gasteiger partial charge in [-0.3, -0.25) is 52.7 Å². The molecule has 0 saturated carbocycles. The van der Waals surface area contributed by atoms with Gasteiger partial charge in [-0.05, 0) is 128 Å². The van der Waals surface area contributed by atoms with E-state index < -0.39 is 97.0 Å². The van der Waals surface area contributed by atoms with Crippen LogP contribution in [0.2, 0.25) is 0 Å². The van der Waals surface area contributed by atoms with Gasteiger partial charge in [-0.25, -0.2) is 0 Å². The summed E-state index contributed by atoms with van der Waals surface area (Å²) in [4.78, 5) is 133. The van der Waals surface area contributed by atoms with Crippen LogP contribution < -0.4 is 0 Å². The zero-order valence-corrected chi connectivity index (χ0v) is 58.6. The number of hydrogen-bond acceptors (Lipinski definition) is 22. The van der Waals surface area contributed by atoms with Gasteiger partial charge in [0, 0.05) is 20.8 Å². The SMILES string of the molecule is CCC(C)(C)C(=O)OCC(C)(COC(C)=O)COC(=O)C(C)(C)CC.CCC(C)(C)C(=O)OCC(COC(C)=O)(COC(=O)C(C)(C)CC)COC(=O)C(C)(C)CC.CCC(C)C(=O)OCC(COC(C)=O)(COC(=O)C(C)CC)COC(=O)C(C)CC. The van der Waals surface area contributed by atoms with Crippen molar-refractivity contribution in [1.82, 2.24) is 0 Å². The van der Waals surface area contributed by atoms with Crippen molar-refractivity contribution < 1.29 is 105 Å². The predicted octanol–water partition coefficient (Wildman–Crippen LogP) is 11.3. The Morgan fingerprint density at radius 2 is 0.420 bits per heavy atom. The lowest BCUT2D eigenvalue weighted by molar-refractivity contribution is -0.180. The molecule has 0 saturated heterocycles. The van der Waals surface area contributed by atoms with Crippen LogP contribution in [-0.2, 0) is 105 Å². The zero-order valence-electron chi connectivity index (χ0n) is 58.6. The van der Waals surface area contributed by atoms with E-state index in [1.54, 1.807) is 69.2 Å². The van der Waals surface area contributed by atoms with Crippen molar-refractivity contribution in [1.29, 1.82) is 0 Å². The Labute approximate surface area is 526 Å². The largest absolute Gasteiger partial charge is 0.465 e. The van der Waals surface area contributed by atoms with Gasteiger partial charge in [0.25, 0.3) is 0 Å². The first-order chi connectivity index (χ1) is 40.3. The quantitative estimate of drug-likeness (QED) is 0.0410. The Kier molecular flexibility index (Phi) is 39.3. The molecule has 22 heteroatoms. The van der Waals surface area contributed by atoms with Crippen molar-refractivity contribution in [3.05, 3.63) is 0 Å². The Morgan fingerprint density at radius 3 is 0.602 bits per heavy atom. The van der Waals surface area contributed by atoms with E-state index in [0.717, 1.165) is 0 Å². The van der Waals surface area contributed by atoms with Gasteiger partial charge in [-0.1, -0.05) is 76.2 Å². The number of esters is 11. The monoisotopic (exact) mass is 1260 g/mol. The third kappa shape index (κ3) is 33.1. The molecule has 0 aromatic carbocycles. The molecular weight excluding hydrogens is 1140 g/mol. The lowest BCUT2D eigenvalue weighted by Crippen LogP contribution is -2.46. The molecule has 3 atom stereocenters. The van der Waals surface area contributed by atoms with E-state index in [4.69, 9.17) is 52.1 Å². The maximum Gasteiger partial charge on any atom is 0.311 e. The first-order valence-corrected chi connectivity index (χ1v) is 31.1. The van der Waals surface area contributed by atoms with Crippen molar-refractivity contribution in [2.75, 3.05) is 72.7 Å². The van der Waals surface area contributed by atoms with E-state index in [1.165, 1.54) is 20.8 Å². The number of hydrogen-bond donors (Lipinski definition) is 0. The molecule has 0 fully saturated rings. The summed E-state index contributed by atoms with van der Waals surface area (Å²) < 4.78 is 59.3. The van der Waals surface area contributed by atoms with Crippen LogP contribution in [0.4, 0.5) is 0 Å². The molecule has 0 heterocycles. The molecule has 3 unspecified atom stereocenters. The summed E-state index contributed by atoms with van der Waals surface area (Å²) >= 11 is 0. The van der Waals surface area contributed by atoms with Gasteiger partial charge in [0.2, 0.25) is 0 Å². The summed E-state index contributed by atoms with van der Waals surface area (Å²) in [6.45, 7) is 41.7. The Bertz CT molecular complexity index is 2050. The Balaban J connectivity index is -0.00000124. The molecule has 512 valence electrons. The van der Waals surface area contributed by atoms with Gasteiger partial charge in [0.05, 0.1) is 50.2 Å². The molecule has 0 bridgehead atoms. The first-order valence-electron chi connectivity index (χ1n) is 31.1. The van der Waals surface area contributed by atoms with E-state index >= 15 is 0 Å². The summed E-state index contributed by atoms with van der Waals surface area (Å²) in [5.74, 6) is -5.77. The Hall–Kier alpha value is -5.83. The molecule has 0 aliphatic rings. The second kappa shape index (κ2) is 40.0. The van der Waals surface area contributed by atoms with Crippen LogP contribution in [0.3, 0.4) is 0 Å². The van der Waals surface area contributed by atoms with Crippen molar-refractivity contribution in [2.45, 2.75) is 224 Å². The van der Waals surface area contributed by atoms with Gasteiger partial charge < -0.3 is 52.1 Å². The van der Waals surface area contributed by atoms with E-state index in [2.05, 4.69) is 0 Å². The Morgan fingerprint density at radius 1 is 0.261 bits per heavy atom. The standard InChI is InChI=1S/C25H44O8.C22H38O8.C19H34O6/c1-11-22(5,6)19(27)31-15-25(14-30-18(4)26,16-32-20(28)23(7,8)12-2)17-33-21(29)24(9,10)13-3;1-8-15(4)19(24)28-12-22(11-27-18(7)23,13-29-20(25)16(5)9-2)14-30-21(26)17(6)10-3;1-9-17(4,5)15(21)24-12-19(8,11-23-14(3)20)13-25-16(22)18(6,7)10-2/h11-17H2,1-10H3;15-17H,8-14H2,1-7H3;9-13H2,1-8H3. The van der Waals surface area contributed by atoms with Gasteiger partial charge in [-0.2, -0.15) is 0 Å². The van der Waals surface area contributed by atoms with Crippen molar-refractivity contribution in [2.24, 2.45) is 61.1 Å². The summed E-state index contributed by atoms with van der Waals surface area (Å²) in [5, 5.41) is 0. The average molecular weight is 1260 g/mol. The minimum Gasteiger partial charge on any atom is -0.465 e. The van der Waals surface area contributed by atoms with Crippen LogP contribution >= 0.6 is 0 Å². The van der Waals surface area contributed by atoms with Gasteiger partial charge in [0.15, 0.2) is 0 Å². The van der Waals surface area contributed by atoms with Gasteiger partial charge in [0.1, 0.15) is 83.5 Å². The van der Waals surface area contributed by atoms with Gasteiger partial charge in [-0.15, -0.1) is 0 Å². The van der Waals surface area contributed by atoms with Crippen LogP contribution in [0.5, 0.6) is 0 Å². The van der Waals surface area contributed by atoms with Crippen LogP contribution in [0.15, 0.2) is 0 Å². The molecule has 0 N–H and O–H groups in total. The number of ether oxygens (including phenoxy) is 11. The van der Waals surface area contributed by atoms with Crippen molar-refractivity contribution in [3.63, 3.8) is 0 Å². The minimum atomic E-state index is -1.25. The highest BCUT2D eigenvalue weighted by molar-refractivity contribution is 5.78. The van der Waals surface area contributed by atoms with E-state index in [-0.39, 0.29) is 102 Å². The number of carbonyl (C=O) groups is 11. The van der Waals surface area contributed by atoms with Crippen LogP contribution in [0.25, 0.3) is 0 Å².